The van der Waals surface area contributed by atoms with Gasteiger partial charge in [-0.25, -0.2) is 9.97 Å². The summed E-state index contributed by atoms with van der Waals surface area (Å²) >= 11 is 0. The fourth-order valence-electron chi connectivity index (χ4n) is 2.99. The molecule has 134 valence electrons. The van der Waals surface area contributed by atoms with Gasteiger partial charge in [0.2, 0.25) is 0 Å². The number of hydrogen-bond donors (Lipinski definition) is 2. The van der Waals surface area contributed by atoms with E-state index in [-0.39, 0.29) is 11.6 Å². The molecule has 0 saturated carbocycles. The average molecular weight is 348 g/mol. The first-order valence-electron chi connectivity index (χ1n) is 8.87. The molecule has 1 aromatic carbocycles. The molecule has 3 aromatic rings. The Hall–Kier alpha value is -2.95. The molecule has 2 aromatic heterocycles. The highest BCUT2D eigenvalue weighted by Crippen LogP contribution is 2.24. The van der Waals surface area contributed by atoms with Crippen molar-refractivity contribution in [1.82, 2.24) is 15.0 Å². The molecule has 0 aliphatic heterocycles. The number of aromatic amines is 1. The maximum absolute atomic E-state index is 11.7. The second-order valence-electron chi connectivity index (χ2n) is 6.53. The van der Waals surface area contributed by atoms with Gasteiger partial charge in [-0.05, 0) is 56.0 Å². The molecule has 0 spiro atoms. The lowest BCUT2D eigenvalue weighted by Crippen LogP contribution is -2.11. The summed E-state index contributed by atoms with van der Waals surface area (Å²) in [4.78, 5) is 23.5. The monoisotopic (exact) mass is 348 g/mol. The Kier molecular flexibility index (Phi) is 5.16. The topological polar surface area (TPSA) is 70.7 Å². The second kappa shape index (κ2) is 7.52. The van der Waals surface area contributed by atoms with Crippen molar-refractivity contribution in [2.24, 2.45) is 0 Å². The van der Waals surface area contributed by atoms with Gasteiger partial charge in [0.15, 0.2) is 0 Å². The fourth-order valence-corrected chi connectivity index (χ4v) is 2.99. The predicted molar refractivity (Wildman–Crippen MR) is 105 cm³/mol. The van der Waals surface area contributed by atoms with Crippen molar-refractivity contribution >= 4 is 5.82 Å². The van der Waals surface area contributed by atoms with Crippen LogP contribution in [0.4, 0.5) is 5.82 Å². The lowest BCUT2D eigenvalue weighted by Gasteiger charge is -2.18. The number of aromatic nitrogens is 3. The minimum Gasteiger partial charge on any atom is -0.364 e. The van der Waals surface area contributed by atoms with Crippen molar-refractivity contribution in [2.45, 2.75) is 40.2 Å². The molecule has 2 N–H and O–H groups in total. The Bertz CT molecular complexity index is 960. The van der Waals surface area contributed by atoms with Crippen molar-refractivity contribution < 1.29 is 0 Å². The van der Waals surface area contributed by atoms with E-state index in [1.165, 1.54) is 22.8 Å². The number of H-pyrrole nitrogens is 1. The molecule has 5 heteroatoms. The summed E-state index contributed by atoms with van der Waals surface area (Å²) in [5.74, 6) is 1.34. The Morgan fingerprint density at radius 1 is 1.19 bits per heavy atom. The number of benzene rings is 1. The number of nitrogens with one attached hydrogen (secondary N) is 2. The lowest BCUT2D eigenvalue weighted by atomic mass is 9.98. The summed E-state index contributed by atoms with van der Waals surface area (Å²) in [7, 11) is 0. The zero-order valence-corrected chi connectivity index (χ0v) is 15.6. The third kappa shape index (κ3) is 3.82. The van der Waals surface area contributed by atoms with Crippen LogP contribution in [0, 0.1) is 13.8 Å². The van der Waals surface area contributed by atoms with Gasteiger partial charge in [0.05, 0.1) is 6.04 Å². The average Bonchev–Trinajstić information content (AvgIpc) is 2.64. The second-order valence-corrected chi connectivity index (χ2v) is 6.53. The molecule has 1 atom stereocenters. The highest BCUT2D eigenvalue weighted by molar-refractivity contribution is 5.56. The predicted octanol–water partition coefficient (Wildman–Crippen LogP) is 4.18. The van der Waals surface area contributed by atoms with Crippen LogP contribution in [0.25, 0.3) is 11.4 Å². The van der Waals surface area contributed by atoms with E-state index in [0.717, 1.165) is 23.5 Å². The first-order valence-corrected chi connectivity index (χ1v) is 8.87. The van der Waals surface area contributed by atoms with Crippen molar-refractivity contribution in [3.05, 3.63) is 75.3 Å². The summed E-state index contributed by atoms with van der Waals surface area (Å²) in [6, 6.07) is 11.8. The maximum atomic E-state index is 11.7. The van der Waals surface area contributed by atoms with Crippen LogP contribution >= 0.6 is 0 Å². The Labute approximate surface area is 153 Å². The number of hydrogen-bond acceptors (Lipinski definition) is 4. The molecule has 0 radical (unpaired) electrons. The Morgan fingerprint density at radius 3 is 2.69 bits per heavy atom. The number of nitrogens with zero attached hydrogens (tertiary/aromatic N) is 2. The van der Waals surface area contributed by atoms with Crippen molar-refractivity contribution in [3.8, 4) is 11.4 Å². The molecule has 26 heavy (non-hydrogen) atoms. The smallest absolute Gasteiger partial charge is 0.251 e. The minimum atomic E-state index is -0.141. The van der Waals surface area contributed by atoms with Crippen molar-refractivity contribution in [2.75, 3.05) is 5.32 Å². The van der Waals surface area contributed by atoms with E-state index in [4.69, 9.17) is 0 Å². The van der Waals surface area contributed by atoms with Gasteiger partial charge in [0, 0.05) is 23.5 Å². The first-order chi connectivity index (χ1) is 12.5. The van der Waals surface area contributed by atoms with Gasteiger partial charge < -0.3 is 10.3 Å². The maximum Gasteiger partial charge on any atom is 0.251 e. The van der Waals surface area contributed by atoms with Gasteiger partial charge in [-0.15, -0.1) is 0 Å². The van der Waals surface area contributed by atoms with Crippen molar-refractivity contribution in [3.63, 3.8) is 0 Å². The van der Waals surface area contributed by atoms with Gasteiger partial charge in [-0.1, -0.05) is 25.1 Å². The Morgan fingerprint density at radius 2 is 2.00 bits per heavy atom. The van der Waals surface area contributed by atoms with Crippen LogP contribution in [0.2, 0.25) is 0 Å². The van der Waals surface area contributed by atoms with E-state index < -0.39 is 0 Å². The van der Waals surface area contributed by atoms with Gasteiger partial charge >= 0.3 is 0 Å². The SMILES string of the molecule is CCc1cc(=O)[nH]c(-c2ccc(NC(C)c3cccc(C)c3C)nc2)n1. The number of aryl methyl sites for hydroxylation is 2. The summed E-state index contributed by atoms with van der Waals surface area (Å²) < 4.78 is 0. The van der Waals surface area contributed by atoms with E-state index in [9.17, 15) is 4.79 Å². The molecule has 0 bridgehead atoms. The van der Waals surface area contributed by atoms with Gasteiger partial charge in [0.25, 0.3) is 5.56 Å². The van der Waals surface area contributed by atoms with Gasteiger partial charge in [-0.3, -0.25) is 4.79 Å². The third-order valence-corrected chi connectivity index (χ3v) is 4.67. The molecule has 1 unspecified atom stereocenters. The van der Waals surface area contributed by atoms with Crippen LogP contribution in [-0.4, -0.2) is 15.0 Å². The van der Waals surface area contributed by atoms with Crippen LogP contribution in [0.3, 0.4) is 0 Å². The number of rotatable bonds is 5. The standard InChI is InChI=1S/C21H24N4O/c1-5-17-11-20(26)25-21(24-17)16-9-10-19(22-12-16)23-15(4)18-8-6-7-13(2)14(18)3/h6-12,15H,5H2,1-4H3,(H,22,23)(H,24,25,26). The molecule has 0 aliphatic carbocycles. The molecule has 3 rings (SSSR count). The summed E-state index contributed by atoms with van der Waals surface area (Å²) in [6.07, 6.45) is 2.45. The summed E-state index contributed by atoms with van der Waals surface area (Å²) in [5.41, 5.74) is 5.26. The Balaban J connectivity index is 1.81. The zero-order valence-electron chi connectivity index (χ0n) is 15.6. The van der Waals surface area contributed by atoms with Crippen molar-refractivity contribution in [1.29, 1.82) is 0 Å². The fraction of sp³-hybridized carbons (Fsp3) is 0.286. The first kappa shape index (κ1) is 17.9. The number of anilines is 1. The molecule has 0 fully saturated rings. The van der Waals surface area contributed by atoms with E-state index in [1.807, 2.05) is 19.1 Å². The molecular formula is C21H24N4O. The summed E-state index contributed by atoms with van der Waals surface area (Å²) in [5, 5.41) is 3.44. The highest BCUT2D eigenvalue weighted by atomic mass is 16.1. The largest absolute Gasteiger partial charge is 0.364 e. The molecule has 2 heterocycles. The summed E-state index contributed by atoms with van der Waals surface area (Å²) in [6.45, 7) is 8.37. The van der Waals surface area contributed by atoms with Gasteiger partial charge in [0.1, 0.15) is 11.6 Å². The van der Waals surface area contributed by atoms with E-state index in [0.29, 0.717) is 5.82 Å². The van der Waals surface area contributed by atoms with Crippen LogP contribution in [-0.2, 0) is 6.42 Å². The molecule has 0 amide bonds. The molecule has 0 saturated heterocycles. The molecule has 0 aliphatic rings. The van der Waals surface area contributed by atoms with Crippen LogP contribution < -0.4 is 10.9 Å². The molecular weight excluding hydrogens is 324 g/mol. The zero-order chi connectivity index (χ0) is 18.7. The normalized spacial score (nSPS) is 12.0. The van der Waals surface area contributed by atoms with Crippen LogP contribution in [0.1, 0.15) is 42.3 Å². The number of pyridine rings is 1. The van der Waals surface area contributed by atoms with Crippen LogP contribution in [0.15, 0.2) is 47.4 Å². The van der Waals surface area contributed by atoms with E-state index >= 15 is 0 Å². The lowest BCUT2D eigenvalue weighted by molar-refractivity contribution is 0.862. The van der Waals surface area contributed by atoms with Gasteiger partial charge in [-0.2, -0.15) is 0 Å². The molecule has 5 nitrogen and oxygen atoms in total. The highest BCUT2D eigenvalue weighted by Gasteiger charge is 2.10. The van der Waals surface area contributed by atoms with E-state index in [1.54, 1.807) is 6.20 Å². The van der Waals surface area contributed by atoms with E-state index in [2.05, 4.69) is 59.2 Å². The third-order valence-electron chi connectivity index (χ3n) is 4.67. The quantitative estimate of drug-likeness (QED) is 0.725. The van der Waals surface area contributed by atoms with Crippen LogP contribution in [0.5, 0.6) is 0 Å². The minimum absolute atomic E-state index is 0.141.